The van der Waals surface area contributed by atoms with Crippen LogP contribution in [0.3, 0.4) is 0 Å². The first kappa shape index (κ1) is 13.9. The van der Waals surface area contributed by atoms with Crippen molar-refractivity contribution in [3.63, 3.8) is 0 Å². The molecule has 0 aromatic carbocycles. The van der Waals surface area contributed by atoms with Crippen LogP contribution in [-0.4, -0.2) is 58.2 Å². The number of hydrogen-bond donors (Lipinski definition) is 1. The molecular weight excluding hydrogens is 242 g/mol. The lowest BCUT2D eigenvalue weighted by atomic mass is 10.2. The van der Waals surface area contributed by atoms with Crippen LogP contribution < -0.4 is 5.73 Å². The molecule has 1 amide bonds. The van der Waals surface area contributed by atoms with Gasteiger partial charge in [-0.1, -0.05) is 13.8 Å². The number of hydrogen-bond acceptors (Lipinski definition) is 4. The van der Waals surface area contributed by atoms with Crippen molar-refractivity contribution in [1.29, 1.82) is 0 Å². The average molecular weight is 265 g/mol. The molecule has 0 aliphatic carbocycles. The summed E-state index contributed by atoms with van der Waals surface area (Å²) in [6, 6.07) is 0. The number of aryl methyl sites for hydroxylation is 1. The van der Waals surface area contributed by atoms with E-state index in [1.807, 2.05) is 4.90 Å². The van der Waals surface area contributed by atoms with Crippen LogP contribution in [-0.2, 0) is 7.05 Å². The van der Waals surface area contributed by atoms with Crippen molar-refractivity contribution in [2.75, 3.05) is 38.5 Å². The topological polar surface area (TPSA) is 67.4 Å². The summed E-state index contributed by atoms with van der Waals surface area (Å²) < 4.78 is 1.58. The van der Waals surface area contributed by atoms with Gasteiger partial charge in [0.2, 0.25) is 0 Å². The highest BCUT2D eigenvalue weighted by Gasteiger charge is 2.25. The Kier molecular flexibility index (Phi) is 4.09. The Balaban J connectivity index is 1.94. The van der Waals surface area contributed by atoms with Crippen LogP contribution in [0.1, 0.15) is 24.3 Å². The quantitative estimate of drug-likeness (QED) is 0.860. The summed E-state index contributed by atoms with van der Waals surface area (Å²) in [7, 11) is 1.77. The van der Waals surface area contributed by atoms with Crippen LogP contribution in [0.25, 0.3) is 0 Å². The zero-order valence-corrected chi connectivity index (χ0v) is 12.0. The van der Waals surface area contributed by atoms with E-state index in [1.54, 1.807) is 17.9 Å². The average Bonchev–Trinajstić information content (AvgIpc) is 2.68. The SMILES string of the molecule is CC(C)CN1CCN(C(=O)c2nn(C)cc2N)CC1. The van der Waals surface area contributed by atoms with Crippen LogP contribution in [0, 0.1) is 5.92 Å². The maximum Gasteiger partial charge on any atom is 0.276 e. The first-order valence-corrected chi connectivity index (χ1v) is 6.78. The highest BCUT2D eigenvalue weighted by molar-refractivity contribution is 5.97. The van der Waals surface area contributed by atoms with Gasteiger partial charge in [-0.05, 0) is 5.92 Å². The highest BCUT2D eigenvalue weighted by atomic mass is 16.2. The lowest BCUT2D eigenvalue weighted by Gasteiger charge is -2.35. The standard InChI is InChI=1S/C13H23N5O/c1-10(2)8-17-4-6-18(7-5-17)13(19)12-11(14)9-16(3)15-12/h9-10H,4-8,14H2,1-3H3. The summed E-state index contributed by atoms with van der Waals surface area (Å²) >= 11 is 0. The number of carbonyl (C=O) groups is 1. The molecule has 0 saturated carbocycles. The summed E-state index contributed by atoms with van der Waals surface area (Å²) in [6.07, 6.45) is 1.67. The third-order valence-corrected chi connectivity index (χ3v) is 3.34. The van der Waals surface area contributed by atoms with Gasteiger partial charge in [0.25, 0.3) is 5.91 Å². The number of nitrogens with zero attached hydrogens (tertiary/aromatic N) is 4. The van der Waals surface area contributed by atoms with E-state index in [9.17, 15) is 4.79 Å². The van der Waals surface area contributed by atoms with Crippen LogP contribution in [0.15, 0.2) is 6.20 Å². The Morgan fingerprint density at radius 2 is 2.00 bits per heavy atom. The van der Waals surface area contributed by atoms with Gasteiger partial charge in [0.1, 0.15) is 0 Å². The Hall–Kier alpha value is -1.56. The van der Waals surface area contributed by atoms with Crippen molar-refractivity contribution in [2.24, 2.45) is 13.0 Å². The maximum absolute atomic E-state index is 12.3. The predicted octanol–water partition coefficient (Wildman–Crippen LogP) is 0.416. The molecule has 6 nitrogen and oxygen atoms in total. The van der Waals surface area contributed by atoms with E-state index in [0.29, 0.717) is 17.3 Å². The van der Waals surface area contributed by atoms with Gasteiger partial charge in [0.05, 0.1) is 5.69 Å². The molecule has 1 aromatic heterocycles. The fraction of sp³-hybridized carbons (Fsp3) is 0.692. The summed E-state index contributed by atoms with van der Waals surface area (Å²) in [6.45, 7) is 8.88. The molecule has 0 radical (unpaired) electrons. The maximum atomic E-state index is 12.3. The number of amides is 1. The van der Waals surface area contributed by atoms with Crippen LogP contribution >= 0.6 is 0 Å². The molecule has 1 aromatic rings. The Morgan fingerprint density at radius 1 is 1.37 bits per heavy atom. The first-order chi connectivity index (χ1) is 8.97. The van der Waals surface area contributed by atoms with Gasteiger partial charge in [0.15, 0.2) is 5.69 Å². The van der Waals surface area contributed by atoms with Gasteiger partial charge in [-0.3, -0.25) is 14.4 Å². The second-order valence-electron chi connectivity index (χ2n) is 5.59. The van der Waals surface area contributed by atoms with Crippen LogP contribution in [0.5, 0.6) is 0 Å². The van der Waals surface area contributed by atoms with E-state index in [0.717, 1.165) is 32.7 Å². The minimum atomic E-state index is -0.0534. The Morgan fingerprint density at radius 3 is 2.47 bits per heavy atom. The number of nitrogen functional groups attached to an aromatic ring is 1. The third kappa shape index (κ3) is 3.26. The summed E-state index contributed by atoms with van der Waals surface area (Å²) in [5.74, 6) is 0.607. The van der Waals surface area contributed by atoms with Gasteiger partial charge < -0.3 is 10.6 Å². The summed E-state index contributed by atoms with van der Waals surface area (Å²) in [5.41, 5.74) is 6.63. The number of carbonyl (C=O) groups excluding carboxylic acids is 1. The predicted molar refractivity (Wildman–Crippen MR) is 74.8 cm³/mol. The van der Waals surface area contributed by atoms with E-state index in [4.69, 9.17) is 5.73 Å². The fourth-order valence-electron chi connectivity index (χ4n) is 2.47. The third-order valence-electron chi connectivity index (χ3n) is 3.34. The van der Waals surface area contributed by atoms with Crippen molar-refractivity contribution >= 4 is 11.6 Å². The lowest BCUT2D eigenvalue weighted by Crippen LogP contribution is -2.49. The molecule has 0 unspecified atom stereocenters. The number of anilines is 1. The Bertz CT molecular complexity index is 446. The first-order valence-electron chi connectivity index (χ1n) is 6.78. The lowest BCUT2D eigenvalue weighted by molar-refractivity contribution is 0.0618. The van der Waals surface area contributed by atoms with Crippen molar-refractivity contribution < 1.29 is 4.79 Å². The highest BCUT2D eigenvalue weighted by Crippen LogP contribution is 2.13. The molecular formula is C13H23N5O. The number of piperazine rings is 1. The van der Waals surface area contributed by atoms with E-state index in [1.165, 1.54) is 0 Å². The van der Waals surface area contributed by atoms with E-state index < -0.39 is 0 Å². The molecule has 1 aliphatic rings. The molecule has 2 rings (SSSR count). The molecule has 2 N–H and O–H groups in total. The molecule has 19 heavy (non-hydrogen) atoms. The number of nitrogens with two attached hydrogens (primary N) is 1. The number of aromatic nitrogens is 2. The number of rotatable bonds is 3. The molecule has 0 spiro atoms. The molecule has 1 fully saturated rings. The molecule has 1 aliphatic heterocycles. The zero-order valence-electron chi connectivity index (χ0n) is 12.0. The monoisotopic (exact) mass is 265 g/mol. The van der Waals surface area contributed by atoms with Crippen LogP contribution in [0.2, 0.25) is 0 Å². The van der Waals surface area contributed by atoms with Gasteiger partial charge in [-0.2, -0.15) is 5.10 Å². The molecule has 106 valence electrons. The minimum Gasteiger partial charge on any atom is -0.396 e. The summed E-state index contributed by atoms with van der Waals surface area (Å²) in [4.78, 5) is 16.6. The van der Waals surface area contributed by atoms with Crippen molar-refractivity contribution in [3.05, 3.63) is 11.9 Å². The van der Waals surface area contributed by atoms with Gasteiger partial charge in [-0.25, -0.2) is 0 Å². The normalized spacial score (nSPS) is 17.2. The molecule has 0 atom stereocenters. The van der Waals surface area contributed by atoms with Gasteiger partial charge in [0, 0.05) is 46.0 Å². The molecule has 6 heteroatoms. The van der Waals surface area contributed by atoms with Crippen molar-refractivity contribution in [3.8, 4) is 0 Å². The van der Waals surface area contributed by atoms with Crippen molar-refractivity contribution in [2.45, 2.75) is 13.8 Å². The minimum absolute atomic E-state index is 0.0534. The largest absolute Gasteiger partial charge is 0.396 e. The van der Waals surface area contributed by atoms with Gasteiger partial charge in [-0.15, -0.1) is 0 Å². The second kappa shape index (κ2) is 5.61. The second-order valence-corrected chi connectivity index (χ2v) is 5.59. The van der Waals surface area contributed by atoms with E-state index in [2.05, 4.69) is 23.8 Å². The summed E-state index contributed by atoms with van der Waals surface area (Å²) in [5, 5.41) is 4.14. The fourth-order valence-corrected chi connectivity index (χ4v) is 2.47. The molecule has 2 heterocycles. The van der Waals surface area contributed by atoms with Crippen molar-refractivity contribution in [1.82, 2.24) is 19.6 Å². The van der Waals surface area contributed by atoms with Gasteiger partial charge >= 0.3 is 0 Å². The Labute approximate surface area is 114 Å². The zero-order chi connectivity index (χ0) is 14.0. The van der Waals surface area contributed by atoms with E-state index in [-0.39, 0.29) is 5.91 Å². The molecule has 1 saturated heterocycles. The smallest absolute Gasteiger partial charge is 0.276 e. The van der Waals surface area contributed by atoms with Crippen LogP contribution in [0.4, 0.5) is 5.69 Å². The molecule has 0 bridgehead atoms. The van der Waals surface area contributed by atoms with E-state index >= 15 is 0 Å².